The summed E-state index contributed by atoms with van der Waals surface area (Å²) >= 11 is 0. The minimum absolute atomic E-state index is 1.23. The molecule has 2 rings (SSSR count). The van der Waals surface area contributed by atoms with Gasteiger partial charge in [-0.25, -0.2) is 0 Å². The van der Waals surface area contributed by atoms with Gasteiger partial charge in [0, 0.05) is 11.4 Å². The van der Waals surface area contributed by atoms with Crippen molar-refractivity contribution in [3.8, 4) is 0 Å². The van der Waals surface area contributed by atoms with Gasteiger partial charge in [-0.3, -0.25) is 4.99 Å². The lowest BCUT2D eigenvalue weighted by Crippen LogP contribution is -2.02. The zero-order chi connectivity index (χ0) is 14.6. The van der Waals surface area contributed by atoms with Gasteiger partial charge in [-0.2, -0.15) is 0 Å². The van der Waals surface area contributed by atoms with Gasteiger partial charge in [0.25, 0.3) is 0 Å². The van der Waals surface area contributed by atoms with Gasteiger partial charge in [0.15, 0.2) is 0 Å². The Kier molecular flexibility index (Phi) is 8.82. The number of rotatable bonds is 1. The van der Waals surface area contributed by atoms with Crippen LogP contribution in [0.5, 0.6) is 0 Å². The van der Waals surface area contributed by atoms with Gasteiger partial charge < -0.3 is 0 Å². The summed E-state index contributed by atoms with van der Waals surface area (Å²) in [6, 6.07) is 0. The van der Waals surface area contributed by atoms with Gasteiger partial charge in [0.05, 0.1) is 0 Å². The summed E-state index contributed by atoms with van der Waals surface area (Å²) in [4.78, 5) is 5.12. The van der Waals surface area contributed by atoms with E-state index >= 15 is 0 Å². The SMILES string of the molecule is C1=C(N=C2CCCCCCCCC2)CCCCCCCC1. The molecule has 0 atom stereocenters. The Balaban J connectivity index is 1.92. The molecule has 0 aromatic carbocycles. The van der Waals surface area contributed by atoms with Crippen molar-refractivity contribution in [3.63, 3.8) is 0 Å². The second kappa shape index (κ2) is 11.0. The molecule has 1 nitrogen and oxygen atoms in total. The van der Waals surface area contributed by atoms with Crippen LogP contribution in [0, 0.1) is 0 Å². The lowest BCUT2D eigenvalue weighted by atomic mass is 9.99. The van der Waals surface area contributed by atoms with Crippen LogP contribution >= 0.6 is 0 Å². The van der Waals surface area contributed by atoms with Crippen LogP contribution in [0.4, 0.5) is 0 Å². The molecule has 2 aliphatic carbocycles. The number of nitrogens with zero attached hydrogens (tertiary/aromatic N) is 1. The Morgan fingerprint density at radius 3 is 1.62 bits per heavy atom. The fraction of sp³-hybridized carbons (Fsp3) is 0.850. The molecule has 0 spiro atoms. The van der Waals surface area contributed by atoms with Crippen molar-refractivity contribution in [2.45, 2.75) is 109 Å². The van der Waals surface area contributed by atoms with E-state index in [0.29, 0.717) is 0 Å². The molecule has 0 aromatic rings. The van der Waals surface area contributed by atoms with Crippen LogP contribution in [0.25, 0.3) is 0 Å². The first-order valence-electron chi connectivity index (χ1n) is 9.70. The smallest absolute Gasteiger partial charge is 0.0363 e. The van der Waals surface area contributed by atoms with Gasteiger partial charge in [-0.15, -0.1) is 0 Å². The number of allylic oxidation sites excluding steroid dienone is 2. The quantitative estimate of drug-likeness (QED) is 0.494. The van der Waals surface area contributed by atoms with E-state index in [0.717, 1.165) is 0 Å². The van der Waals surface area contributed by atoms with E-state index in [2.05, 4.69) is 6.08 Å². The molecule has 0 radical (unpaired) electrons. The van der Waals surface area contributed by atoms with Crippen molar-refractivity contribution in [1.29, 1.82) is 0 Å². The molecule has 0 unspecified atom stereocenters. The molecule has 0 N–H and O–H groups in total. The average Bonchev–Trinajstić information content (AvgIpc) is 2.52. The highest BCUT2D eigenvalue weighted by Gasteiger charge is 2.06. The topological polar surface area (TPSA) is 12.4 Å². The molecule has 0 aromatic heterocycles. The molecule has 21 heavy (non-hydrogen) atoms. The lowest BCUT2D eigenvalue weighted by molar-refractivity contribution is 0.572. The summed E-state index contributed by atoms with van der Waals surface area (Å²) in [5.74, 6) is 0. The van der Waals surface area contributed by atoms with Crippen LogP contribution in [0.15, 0.2) is 16.8 Å². The summed E-state index contributed by atoms with van der Waals surface area (Å²) < 4.78 is 0. The number of hydrogen-bond donors (Lipinski definition) is 0. The first-order valence-corrected chi connectivity index (χ1v) is 9.70. The summed E-state index contributed by atoms with van der Waals surface area (Å²) in [6.07, 6.45) is 25.8. The van der Waals surface area contributed by atoms with Gasteiger partial charge in [-0.05, 0) is 51.4 Å². The molecule has 1 heteroatoms. The molecule has 0 aliphatic heterocycles. The monoisotopic (exact) mass is 289 g/mol. The Morgan fingerprint density at radius 1 is 0.524 bits per heavy atom. The average molecular weight is 290 g/mol. The van der Waals surface area contributed by atoms with Crippen LogP contribution in [0.1, 0.15) is 109 Å². The predicted molar refractivity (Wildman–Crippen MR) is 94.0 cm³/mol. The predicted octanol–water partition coefficient (Wildman–Crippen LogP) is 6.97. The molecule has 120 valence electrons. The minimum Gasteiger partial charge on any atom is -0.263 e. The van der Waals surface area contributed by atoms with Gasteiger partial charge in [0.2, 0.25) is 0 Å². The Bertz CT molecular complexity index is 315. The van der Waals surface area contributed by atoms with Crippen LogP contribution in [-0.2, 0) is 0 Å². The molecule has 0 amide bonds. The largest absolute Gasteiger partial charge is 0.263 e. The van der Waals surface area contributed by atoms with E-state index in [4.69, 9.17) is 4.99 Å². The standard InChI is InChI=1S/C20H35N/c1-3-7-11-15-19(16-12-8-4-1)21-20-17-13-9-5-2-6-10-14-18-20/h15H,1-14,16-18H2. The highest BCUT2D eigenvalue weighted by molar-refractivity contribution is 5.85. The third-order valence-corrected chi connectivity index (χ3v) is 5.00. The maximum absolute atomic E-state index is 5.12. The minimum atomic E-state index is 1.23. The molecule has 0 bridgehead atoms. The van der Waals surface area contributed by atoms with E-state index in [1.54, 1.807) is 0 Å². The third-order valence-electron chi connectivity index (χ3n) is 5.00. The van der Waals surface area contributed by atoms with Gasteiger partial charge in [0.1, 0.15) is 0 Å². The van der Waals surface area contributed by atoms with Crippen LogP contribution in [-0.4, -0.2) is 5.71 Å². The van der Waals surface area contributed by atoms with E-state index in [1.807, 2.05) is 0 Å². The molecule has 1 fully saturated rings. The molecule has 0 saturated heterocycles. The fourth-order valence-electron chi connectivity index (χ4n) is 3.61. The van der Waals surface area contributed by atoms with Gasteiger partial charge >= 0.3 is 0 Å². The second-order valence-electron chi connectivity index (χ2n) is 7.01. The lowest BCUT2D eigenvalue weighted by Gasteiger charge is -2.12. The van der Waals surface area contributed by atoms with Crippen LogP contribution in [0.3, 0.4) is 0 Å². The van der Waals surface area contributed by atoms with Crippen molar-refractivity contribution in [1.82, 2.24) is 0 Å². The summed E-state index contributed by atoms with van der Waals surface area (Å²) in [7, 11) is 0. The first-order chi connectivity index (χ1) is 10.4. The van der Waals surface area contributed by atoms with Crippen molar-refractivity contribution >= 4 is 5.71 Å². The normalized spacial score (nSPS) is 24.0. The number of aliphatic imine (C=N–C) groups is 1. The van der Waals surface area contributed by atoms with E-state index in [1.165, 1.54) is 121 Å². The Hall–Kier alpha value is -0.590. The summed E-state index contributed by atoms with van der Waals surface area (Å²) in [5, 5.41) is 0. The van der Waals surface area contributed by atoms with E-state index < -0.39 is 0 Å². The Labute approximate surface area is 132 Å². The van der Waals surface area contributed by atoms with Gasteiger partial charge in [-0.1, -0.05) is 63.9 Å². The summed E-state index contributed by atoms with van der Waals surface area (Å²) in [6.45, 7) is 0. The highest BCUT2D eigenvalue weighted by atomic mass is 14.8. The van der Waals surface area contributed by atoms with E-state index in [-0.39, 0.29) is 0 Å². The zero-order valence-corrected chi connectivity index (χ0v) is 14.0. The third kappa shape index (κ3) is 7.83. The fourth-order valence-corrected chi connectivity index (χ4v) is 3.61. The summed E-state index contributed by atoms with van der Waals surface area (Å²) in [5.41, 5.74) is 2.93. The highest BCUT2D eigenvalue weighted by Crippen LogP contribution is 2.20. The van der Waals surface area contributed by atoms with E-state index in [9.17, 15) is 0 Å². The second-order valence-corrected chi connectivity index (χ2v) is 7.01. The van der Waals surface area contributed by atoms with Crippen molar-refractivity contribution < 1.29 is 0 Å². The number of hydrogen-bond acceptors (Lipinski definition) is 1. The maximum Gasteiger partial charge on any atom is 0.0363 e. The molecule has 2 aliphatic rings. The van der Waals surface area contributed by atoms with Crippen LogP contribution < -0.4 is 0 Å². The maximum atomic E-state index is 5.12. The van der Waals surface area contributed by atoms with Crippen molar-refractivity contribution in [2.75, 3.05) is 0 Å². The molecular formula is C20H35N. The van der Waals surface area contributed by atoms with Crippen molar-refractivity contribution in [3.05, 3.63) is 11.8 Å². The molecular weight excluding hydrogens is 254 g/mol. The molecule has 1 saturated carbocycles. The first kappa shape index (κ1) is 16.8. The Morgan fingerprint density at radius 2 is 1.00 bits per heavy atom. The van der Waals surface area contributed by atoms with Crippen LogP contribution in [0.2, 0.25) is 0 Å². The van der Waals surface area contributed by atoms with Crippen molar-refractivity contribution in [2.24, 2.45) is 4.99 Å². The zero-order valence-electron chi connectivity index (χ0n) is 14.0. The molecule has 0 heterocycles.